The number of nitrogens with one attached hydrogen (secondary N) is 1. The molecule has 3 N–H and O–H groups in total. The fourth-order valence-corrected chi connectivity index (χ4v) is 2.36. The van der Waals surface area contributed by atoms with E-state index >= 15 is 0 Å². The van der Waals surface area contributed by atoms with Gasteiger partial charge >= 0.3 is 0 Å². The van der Waals surface area contributed by atoms with Crippen molar-refractivity contribution >= 4 is 35.4 Å². The molecule has 0 amide bonds. The molecular weight excluding hydrogens is 339 g/mol. The van der Waals surface area contributed by atoms with Crippen molar-refractivity contribution in [1.29, 1.82) is 0 Å². The molecule has 3 rings (SSSR count). The Morgan fingerprint density at radius 1 is 1.26 bits per heavy atom. The minimum atomic E-state index is 0.325. The van der Waals surface area contributed by atoms with Gasteiger partial charge in [-0.2, -0.15) is 5.10 Å². The quantitative estimate of drug-likeness (QED) is 0.427. The molecule has 2 aromatic heterocycles. The number of halogens is 2. The Balaban J connectivity index is 1.74. The molecule has 0 atom stereocenters. The van der Waals surface area contributed by atoms with Crippen LogP contribution in [0, 0.1) is 6.92 Å². The van der Waals surface area contributed by atoms with Crippen LogP contribution in [0.5, 0.6) is 0 Å². The molecule has 0 saturated heterocycles. The zero-order valence-electron chi connectivity index (χ0n) is 12.0. The molecule has 0 fully saturated rings. The van der Waals surface area contributed by atoms with E-state index in [9.17, 15) is 0 Å². The van der Waals surface area contributed by atoms with E-state index in [0.717, 1.165) is 5.56 Å². The number of nitrogens with two attached hydrogens (primary N) is 1. The molecule has 2 heterocycles. The minimum Gasteiger partial charge on any atom is -0.455 e. The number of rotatable bonds is 4. The SMILES string of the molecule is Cc1nnc(N/N=C/c2ccc(-c3ccc(Cl)cc3Cl)o2)n1N. The first kappa shape index (κ1) is 15.4. The summed E-state index contributed by atoms with van der Waals surface area (Å²) in [6.07, 6.45) is 1.50. The van der Waals surface area contributed by atoms with E-state index in [2.05, 4.69) is 20.7 Å². The average Bonchev–Trinajstić information content (AvgIpc) is 3.09. The zero-order chi connectivity index (χ0) is 16.4. The van der Waals surface area contributed by atoms with Crippen LogP contribution in [0.3, 0.4) is 0 Å². The summed E-state index contributed by atoms with van der Waals surface area (Å²) < 4.78 is 6.96. The molecule has 118 valence electrons. The van der Waals surface area contributed by atoms with Crippen molar-refractivity contribution in [2.45, 2.75) is 6.92 Å². The molecule has 1 aromatic carbocycles. The first-order valence-electron chi connectivity index (χ1n) is 6.56. The van der Waals surface area contributed by atoms with Gasteiger partial charge in [-0.1, -0.05) is 23.2 Å². The van der Waals surface area contributed by atoms with Crippen molar-refractivity contribution in [3.63, 3.8) is 0 Å². The number of nitrogens with zero attached hydrogens (tertiary/aromatic N) is 4. The predicted octanol–water partition coefficient (Wildman–Crippen LogP) is 3.31. The largest absolute Gasteiger partial charge is 0.455 e. The van der Waals surface area contributed by atoms with Gasteiger partial charge in [0, 0.05) is 10.6 Å². The number of benzene rings is 1. The summed E-state index contributed by atoms with van der Waals surface area (Å²) in [5.74, 6) is 7.75. The molecule has 0 aliphatic heterocycles. The highest BCUT2D eigenvalue weighted by Crippen LogP contribution is 2.31. The van der Waals surface area contributed by atoms with Gasteiger partial charge < -0.3 is 10.3 Å². The zero-order valence-corrected chi connectivity index (χ0v) is 13.5. The average molecular weight is 351 g/mol. The van der Waals surface area contributed by atoms with Gasteiger partial charge in [-0.3, -0.25) is 0 Å². The highest BCUT2D eigenvalue weighted by molar-refractivity contribution is 6.36. The molecule has 9 heteroatoms. The smallest absolute Gasteiger partial charge is 0.263 e. The first-order valence-corrected chi connectivity index (χ1v) is 7.31. The lowest BCUT2D eigenvalue weighted by Crippen LogP contribution is -2.13. The monoisotopic (exact) mass is 350 g/mol. The summed E-state index contributed by atoms with van der Waals surface area (Å²) in [4.78, 5) is 0. The van der Waals surface area contributed by atoms with Gasteiger partial charge in [-0.15, -0.1) is 10.2 Å². The number of aromatic nitrogens is 3. The van der Waals surface area contributed by atoms with Crippen molar-refractivity contribution in [3.8, 4) is 11.3 Å². The summed E-state index contributed by atoms with van der Waals surface area (Å²) in [6, 6.07) is 8.77. The van der Waals surface area contributed by atoms with Gasteiger partial charge in [-0.25, -0.2) is 10.1 Å². The summed E-state index contributed by atoms with van der Waals surface area (Å²) >= 11 is 12.0. The molecule has 0 unspecified atom stereocenters. The number of furan rings is 1. The number of hydrogen-bond acceptors (Lipinski definition) is 6. The molecule has 0 saturated carbocycles. The standard InChI is InChI=1S/C14H12Cl2N6O/c1-8-19-21-14(22(8)17)20-18-7-10-3-5-13(23-10)11-4-2-9(15)6-12(11)16/h2-7H,17H2,1H3,(H,20,21)/b18-7+. The van der Waals surface area contributed by atoms with Crippen LogP contribution in [-0.4, -0.2) is 21.1 Å². The second-order valence-electron chi connectivity index (χ2n) is 4.64. The molecule has 0 bridgehead atoms. The van der Waals surface area contributed by atoms with Crippen molar-refractivity contribution in [3.05, 3.63) is 52.0 Å². The molecule has 0 spiro atoms. The van der Waals surface area contributed by atoms with E-state index in [-0.39, 0.29) is 0 Å². The normalized spacial score (nSPS) is 11.3. The number of hydrazone groups is 1. The van der Waals surface area contributed by atoms with Crippen molar-refractivity contribution in [2.75, 3.05) is 11.3 Å². The van der Waals surface area contributed by atoms with Crippen molar-refractivity contribution < 1.29 is 4.42 Å². The number of aryl methyl sites for hydroxylation is 1. The van der Waals surface area contributed by atoms with E-state index < -0.39 is 0 Å². The lowest BCUT2D eigenvalue weighted by atomic mass is 10.2. The molecule has 0 aliphatic carbocycles. The summed E-state index contributed by atoms with van der Waals surface area (Å²) in [7, 11) is 0. The maximum Gasteiger partial charge on any atom is 0.263 e. The second kappa shape index (κ2) is 6.31. The summed E-state index contributed by atoms with van der Waals surface area (Å²) in [6.45, 7) is 1.73. The minimum absolute atomic E-state index is 0.325. The second-order valence-corrected chi connectivity index (χ2v) is 5.48. The topological polar surface area (TPSA) is 94.3 Å². The molecule has 23 heavy (non-hydrogen) atoms. The first-order chi connectivity index (χ1) is 11.0. The molecule has 0 aliphatic rings. The van der Waals surface area contributed by atoms with Gasteiger partial charge in [-0.05, 0) is 37.3 Å². The Bertz CT molecular complexity index is 870. The van der Waals surface area contributed by atoms with Crippen molar-refractivity contribution in [1.82, 2.24) is 14.9 Å². The van der Waals surface area contributed by atoms with Crippen LogP contribution in [-0.2, 0) is 0 Å². The highest BCUT2D eigenvalue weighted by atomic mass is 35.5. The molecule has 0 radical (unpaired) electrons. The molecule has 7 nitrogen and oxygen atoms in total. The highest BCUT2D eigenvalue weighted by Gasteiger charge is 2.08. The van der Waals surface area contributed by atoms with Crippen LogP contribution in [0.25, 0.3) is 11.3 Å². The van der Waals surface area contributed by atoms with E-state index in [1.54, 1.807) is 37.3 Å². The van der Waals surface area contributed by atoms with Gasteiger partial charge in [0.25, 0.3) is 5.95 Å². The van der Waals surface area contributed by atoms with E-state index in [1.807, 2.05) is 0 Å². The van der Waals surface area contributed by atoms with Crippen LogP contribution < -0.4 is 11.3 Å². The third kappa shape index (κ3) is 3.30. The maximum absolute atomic E-state index is 6.16. The lowest BCUT2D eigenvalue weighted by Gasteiger charge is -2.01. The molecular formula is C14H12Cl2N6O. The van der Waals surface area contributed by atoms with Gasteiger partial charge in [0.05, 0.1) is 11.2 Å². The van der Waals surface area contributed by atoms with E-state index in [4.69, 9.17) is 33.5 Å². The van der Waals surface area contributed by atoms with Gasteiger partial charge in [0.15, 0.2) is 5.82 Å². The van der Waals surface area contributed by atoms with Crippen LogP contribution in [0.4, 0.5) is 5.95 Å². The molecule has 3 aromatic rings. The van der Waals surface area contributed by atoms with Crippen LogP contribution in [0.1, 0.15) is 11.6 Å². The Morgan fingerprint density at radius 2 is 2.09 bits per heavy atom. The van der Waals surface area contributed by atoms with Crippen LogP contribution in [0.2, 0.25) is 10.0 Å². The number of hydrogen-bond donors (Lipinski definition) is 2. The Hall–Kier alpha value is -2.51. The maximum atomic E-state index is 6.16. The Morgan fingerprint density at radius 3 is 2.78 bits per heavy atom. The third-order valence-corrected chi connectivity index (χ3v) is 3.59. The van der Waals surface area contributed by atoms with Crippen molar-refractivity contribution in [2.24, 2.45) is 5.10 Å². The fraction of sp³-hybridized carbons (Fsp3) is 0.0714. The Labute approximate surface area is 141 Å². The van der Waals surface area contributed by atoms with Gasteiger partial charge in [0.2, 0.25) is 0 Å². The summed E-state index contributed by atoms with van der Waals surface area (Å²) in [5, 5.41) is 12.7. The lowest BCUT2D eigenvalue weighted by molar-refractivity contribution is 0.575. The fourth-order valence-electron chi connectivity index (χ4n) is 1.86. The predicted molar refractivity (Wildman–Crippen MR) is 90.3 cm³/mol. The number of nitrogen functional groups attached to an aromatic ring is 1. The van der Waals surface area contributed by atoms with Crippen LogP contribution in [0.15, 0.2) is 39.9 Å². The van der Waals surface area contributed by atoms with E-state index in [0.29, 0.717) is 33.3 Å². The third-order valence-electron chi connectivity index (χ3n) is 3.05. The van der Waals surface area contributed by atoms with Gasteiger partial charge in [0.1, 0.15) is 11.5 Å². The summed E-state index contributed by atoms with van der Waals surface area (Å²) in [5.41, 5.74) is 3.43. The Kier molecular flexibility index (Phi) is 4.22. The van der Waals surface area contributed by atoms with Crippen LogP contribution >= 0.6 is 23.2 Å². The number of anilines is 1. The van der Waals surface area contributed by atoms with E-state index in [1.165, 1.54) is 10.9 Å².